The molecule has 2 nitrogen and oxygen atoms in total. The van der Waals surface area contributed by atoms with Crippen LogP contribution in [0.25, 0.3) is 0 Å². The first-order valence-corrected chi connectivity index (χ1v) is 8.54. The minimum atomic E-state index is 0.124. The first kappa shape index (κ1) is 16.5. The highest BCUT2D eigenvalue weighted by Crippen LogP contribution is 2.44. The summed E-state index contributed by atoms with van der Waals surface area (Å²) in [7, 11) is 0. The molecule has 1 fully saturated rings. The summed E-state index contributed by atoms with van der Waals surface area (Å²) >= 11 is 0. The Hall–Kier alpha value is -0.860. The maximum absolute atomic E-state index is 6.87. The van der Waals surface area contributed by atoms with Crippen LogP contribution < -0.4 is 5.73 Å². The summed E-state index contributed by atoms with van der Waals surface area (Å²) in [6.07, 6.45) is 5.10. The van der Waals surface area contributed by atoms with E-state index in [2.05, 4.69) is 51.7 Å². The molecule has 0 aromatic heterocycles. The quantitative estimate of drug-likeness (QED) is 0.877. The number of nitrogens with zero attached hydrogens (tertiary/aromatic N) is 1. The zero-order chi connectivity index (χ0) is 15.6. The molecular weight excluding hydrogens is 256 g/mol. The Labute approximate surface area is 130 Å². The van der Waals surface area contributed by atoms with Crippen molar-refractivity contribution in [1.82, 2.24) is 4.90 Å². The normalized spacial score (nSPS) is 19.2. The van der Waals surface area contributed by atoms with Gasteiger partial charge in [0.1, 0.15) is 0 Å². The van der Waals surface area contributed by atoms with E-state index in [1.54, 1.807) is 0 Å². The summed E-state index contributed by atoms with van der Waals surface area (Å²) < 4.78 is 0. The van der Waals surface area contributed by atoms with Crippen molar-refractivity contribution in [2.45, 2.75) is 71.9 Å². The standard InChI is InChI=1S/C19H32N2/c1-6-21(7-2)19(10-8-9-11-19)18(20)17-13-15(4)14(3)12-16(17)5/h12-13,18H,6-11,20H2,1-5H3. The summed E-state index contributed by atoms with van der Waals surface area (Å²) in [4.78, 5) is 2.61. The molecule has 1 unspecified atom stereocenters. The van der Waals surface area contributed by atoms with Crippen LogP contribution in [-0.4, -0.2) is 23.5 Å². The number of aryl methyl sites for hydroxylation is 3. The van der Waals surface area contributed by atoms with Crippen LogP contribution in [0, 0.1) is 20.8 Å². The molecule has 118 valence electrons. The minimum absolute atomic E-state index is 0.124. The SMILES string of the molecule is CCN(CC)C1(C(N)c2cc(C)c(C)cc2C)CCCC1. The number of benzene rings is 1. The molecule has 0 radical (unpaired) electrons. The summed E-state index contributed by atoms with van der Waals surface area (Å²) in [5, 5.41) is 0. The van der Waals surface area contributed by atoms with Gasteiger partial charge in [-0.05, 0) is 69.0 Å². The maximum Gasteiger partial charge on any atom is 0.0484 e. The molecule has 1 aliphatic carbocycles. The number of nitrogens with two attached hydrogens (primary N) is 1. The number of rotatable bonds is 5. The average Bonchev–Trinajstić information content (AvgIpc) is 2.94. The second-order valence-electron chi connectivity index (χ2n) is 6.75. The number of hydrogen-bond acceptors (Lipinski definition) is 2. The Balaban J connectivity index is 2.44. The van der Waals surface area contributed by atoms with Gasteiger partial charge in [0.15, 0.2) is 0 Å². The smallest absolute Gasteiger partial charge is 0.0484 e. The van der Waals surface area contributed by atoms with Gasteiger partial charge in [0.05, 0.1) is 0 Å². The van der Waals surface area contributed by atoms with E-state index in [4.69, 9.17) is 5.73 Å². The monoisotopic (exact) mass is 288 g/mol. The Morgan fingerprint density at radius 3 is 2.05 bits per heavy atom. The second-order valence-corrected chi connectivity index (χ2v) is 6.75. The van der Waals surface area contributed by atoms with Gasteiger partial charge in [-0.3, -0.25) is 4.90 Å². The number of hydrogen-bond donors (Lipinski definition) is 1. The van der Waals surface area contributed by atoms with Crippen LogP contribution in [0.5, 0.6) is 0 Å². The Kier molecular flexibility index (Phi) is 5.11. The molecule has 0 aliphatic heterocycles. The third-order valence-electron chi connectivity index (χ3n) is 5.66. The Morgan fingerprint density at radius 2 is 1.52 bits per heavy atom. The van der Waals surface area contributed by atoms with Gasteiger partial charge in [0.25, 0.3) is 0 Å². The highest BCUT2D eigenvalue weighted by Gasteiger charge is 2.44. The molecular formula is C19H32N2. The number of likely N-dealkylation sites (N-methyl/N-ethyl adjacent to an activating group) is 1. The summed E-state index contributed by atoms with van der Waals surface area (Å²) in [6, 6.07) is 4.76. The molecule has 0 heterocycles. The lowest BCUT2D eigenvalue weighted by Gasteiger charge is -2.45. The zero-order valence-electron chi connectivity index (χ0n) is 14.5. The van der Waals surface area contributed by atoms with Gasteiger partial charge in [-0.1, -0.05) is 38.8 Å². The van der Waals surface area contributed by atoms with Crippen molar-refractivity contribution >= 4 is 0 Å². The molecule has 21 heavy (non-hydrogen) atoms. The third kappa shape index (κ3) is 2.89. The second kappa shape index (κ2) is 6.50. The van der Waals surface area contributed by atoms with Gasteiger partial charge >= 0.3 is 0 Å². The van der Waals surface area contributed by atoms with Crippen molar-refractivity contribution in [2.75, 3.05) is 13.1 Å². The first-order chi connectivity index (χ1) is 9.96. The molecule has 2 N–H and O–H groups in total. The van der Waals surface area contributed by atoms with E-state index in [-0.39, 0.29) is 11.6 Å². The fraction of sp³-hybridized carbons (Fsp3) is 0.684. The third-order valence-corrected chi connectivity index (χ3v) is 5.66. The van der Waals surface area contributed by atoms with Crippen molar-refractivity contribution in [2.24, 2.45) is 5.73 Å². The van der Waals surface area contributed by atoms with E-state index in [0.29, 0.717) is 0 Å². The van der Waals surface area contributed by atoms with Gasteiger partial charge in [0.2, 0.25) is 0 Å². The zero-order valence-corrected chi connectivity index (χ0v) is 14.5. The summed E-state index contributed by atoms with van der Waals surface area (Å²) in [6.45, 7) is 13.3. The Bertz CT molecular complexity index is 483. The van der Waals surface area contributed by atoms with Crippen LogP contribution in [-0.2, 0) is 0 Å². The molecule has 2 heteroatoms. The largest absolute Gasteiger partial charge is 0.322 e. The van der Waals surface area contributed by atoms with Gasteiger partial charge in [-0.2, -0.15) is 0 Å². The lowest BCUT2D eigenvalue weighted by Crippen LogP contribution is -2.53. The topological polar surface area (TPSA) is 29.3 Å². The molecule has 0 amide bonds. The fourth-order valence-corrected chi connectivity index (χ4v) is 4.27. The molecule has 0 spiro atoms. The van der Waals surface area contributed by atoms with Crippen molar-refractivity contribution in [3.05, 3.63) is 34.4 Å². The van der Waals surface area contributed by atoms with Crippen LogP contribution in [0.1, 0.15) is 67.8 Å². The lowest BCUT2D eigenvalue weighted by molar-refractivity contribution is 0.0768. The van der Waals surface area contributed by atoms with E-state index < -0.39 is 0 Å². The highest BCUT2D eigenvalue weighted by atomic mass is 15.2. The molecule has 0 saturated heterocycles. The predicted molar refractivity (Wildman–Crippen MR) is 91.7 cm³/mol. The molecule has 1 aromatic rings. The highest BCUT2D eigenvalue weighted by molar-refractivity contribution is 5.39. The van der Waals surface area contributed by atoms with E-state index >= 15 is 0 Å². The van der Waals surface area contributed by atoms with Crippen LogP contribution in [0.2, 0.25) is 0 Å². The molecule has 1 saturated carbocycles. The predicted octanol–water partition coefficient (Wildman–Crippen LogP) is 4.27. The van der Waals surface area contributed by atoms with Crippen LogP contribution in [0.3, 0.4) is 0 Å². The van der Waals surface area contributed by atoms with Crippen molar-refractivity contribution in [1.29, 1.82) is 0 Å². The van der Waals surface area contributed by atoms with Crippen molar-refractivity contribution in [3.8, 4) is 0 Å². The molecule has 1 aromatic carbocycles. The molecule has 2 rings (SSSR count). The van der Waals surface area contributed by atoms with Crippen LogP contribution >= 0.6 is 0 Å². The van der Waals surface area contributed by atoms with Crippen LogP contribution in [0.15, 0.2) is 12.1 Å². The fourth-order valence-electron chi connectivity index (χ4n) is 4.27. The van der Waals surface area contributed by atoms with Gasteiger partial charge in [-0.15, -0.1) is 0 Å². The van der Waals surface area contributed by atoms with Gasteiger partial charge < -0.3 is 5.73 Å². The lowest BCUT2D eigenvalue weighted by atomic mass is 9.80. The van der Waals surface area contributed by atoms with E-state index in [0.717, 1.165) is 13.1 Å². The van der Waals surface area contributed by atoms with Crippen LogP contribution in [0.4, 0.5) is 0 Å². The molecule has 1 atom stereocenters. The van der Waals surface area contributed by atoms with Gasteiger partial charge in [0, 0.05) is 11.6 Å². The molecule has 0 bridgehead atoms. The van der Waals surface area contributed by atoms with Crippen molar-refractivity contribution in [3.63, 3.8) is 0 Å². The van der Waals surface area contributed by atoms with E-state index in [9.17, 15) is 0 Å². The summed E-state index contributed by atoms with van der Waals surface area (Å²) in [5.74, 6) is 0. The average molecular weight is 288 g/mol. The first-order valence-electron chi connectivity index (χ1n) is 8.54. The minimum Gasteiger partial charge on any atom is -0.322 e. The van der Waals surface area contributed by atoms with E-state index in [1.807, 2.05) is 0 Å². The van der Waals surface area contributed by atoms with Gasteiger partial charge in [-0.25, -0.2) is 0 Å². The van der Waals surface area contributed by atoms with Crippen molar-refractivity contribution < 1.29 is 0 Å². The molecule has 1 aliphatic rings. The Morgan fingerprint density at radius 1 is 1.00 bits per heavy atom. The maximum atomic E-state index is 6.87. The van der Waals surface area contributed by atoms with E-state index in [1.165, 1.54) is 47.9 Å². The summed E-state index contributed by atoms with van der Waals surface area (Å²) in [5.41, 5.74) is 12.5.